The van der Waals surface area contributed by atoms with E-state index in [0.29, 0.717) is 11.3 Å². The highest BCUT2D eigenvalue weighted by Gasteiger charge is 2.00. The maximum atomic E-state index is 10.8. The highest BCUT2D eigenvalue weighted by Crippen LogP contribution is 2.15. The van der Waals surface area contributed by atoms with Crippen molar-refractivity contribution in [2.24, 2.45) is 0 Å². The quantitative estimate of drug-likeness (QED) is 0.471. The van der Waals surface area contributed by atoms with Gasteiger partial charge in [-0.15, -0.1) is 0 Å². The number of rotatable bonds is 4. The minimum atomic E-state index is 0.566. The molecule has 0 atom stereocenters. The molecule has 0 saturated heterocycles. The fourth-order valence-corrected chi connectivity index (χ4v) is 1.22. The number of carbonyl (C=O) groups is 1. The third kappa shape index (κ3) is 3.41. The first kappa shape index (κ1) is 12.3. The van der Waals surface area contributed by atoms with Gasteiger partial charge in [0.15, 0.2) is 6.29 Å². The van der Waals surface area contributed by atoms with Gasteiger partial charge in [0.2, 0.25) is 0 Å². The summed E-state index contributed by atoms with van der Waals surface area (Å²) in [5, 5.41) is 3.01. The summed E-state index contributed by atoms with van der Waals surface area (Å²) in [6.07, 6.45) is 1.56. The Labute approximate surface area is 95.8 Å². The topological polar surface area (TPSA) is 38.3 Å². The molecule has 0 fully saturated rings. The average Bonchev–Trinajstić information content (AvgIpc) is 2.34. The lowest BCUT2D eigenvalue weighted by Crippen LogP contribution is -2.05. The molecule has 0 aliphatic carbocycles. The first-order valence-electron chi connectivity index (χ1n) is 5.08. The fraction of sp³-hybridized carbons (Fsp3) is 0.308. The van der Waals surface area contributed by atoms with Crippen LogP contribution in [-0.4, -0.2) is 27.0 Å². The number of hydrogen-bond acceptors (Lipinski definition) is 3. The molecule has 0 aliphatic heterocycles. The summed E-state index contributed by atoms with van der Waals surface area (Å²) in [5.41, 5.74) is 1.31. The number of methoxy groups -OCH3 is 1. The second-order valence-electron chi connectivity index (χ2n) is 3.23. The third-order valence-corrected chi connectivity index (χ3v) is 2.11. The minimum absolute atomic E-state index is 0.566. The fourth-order valence-electron chi connectivity index (χ4n) is 1.22. The van der Waals surface area contributed by atoms with Crippen molar-refractivity contribution in [3.63, 3.8) is 0 Å². The van der Waals surface area contributed by atoms with Crippen LogP contribution in [0.5, 0.6) is 5.75 Å². The lowest BCUT2D eigenvalue weighted by molar-refractivity contribution is 0.112. The Morgan fingerprint density at radius 3 is 2.94 bits per heavy atom. The van der Waals surface area contributed by atoms with E-state index in [1.54, 1.807) is 25.3 Å². The molecule has 0 unspecified atom stereocenters. The predicted molar refractivity (Wildman–Crippen MR) is 63.8 cm³/mol. The van der Waals surface area contributed by atoms with Gasteiger partial charge < -0.3 is 10.1 Å². The van der Waals surface area contributed by atoms with E-state index in [2.05, 4.69) is 17.2 Å². The lowest BCUT2D eigenvalue weighted by Gasteiger charge is -2.01. The highest BCUT2D eigenvalue weighted by molar-refractivity contribution is 5.80. The molecule has 1 aromatic carbocycles. The Balaban J connectivity index is 2.85. The Bertz CT molecular complexity index is 416. The molecule has 0 radical (unpaired) electrons. The number of ether oxygens (including phenoxy) is 1. The van der Waals surface area contributed by atoms with Gasteiger partial charge in [-0.1, -0.05) is 11.8 Å². The predicted octanol–water partition coefficient (Wildman–Crippen LogP) is 1.47. The Kier molecular flexibility index (Phi) is 5.10. The summed E-state index contributed by atoms with van der Waals surface area (Å²) in [7, 11) is 3.45. The van der Waals surface area contributed by atoms with E-state index >= 15 is 0 Å². The summed E-state index contributed by atoms with van der Waals surface area (Å²) >= 11 is 0. The first-order valence-corrected chi connectivity index (χ1v) is 5.08. The average molecular weight is 217 g/mol. The van der Waals surface area contributed by atoms with E-state index in [-0.39, 0.29) is 0 Å². The Morgan fingerprint density at radius 2 is 2.31 bits per heavy atom. The molecule has 0 heterocycles. The van der Waals surface area contributed by atoms with Crippen LogP contribution in [0.2, 0.25) is 0 Å². The molecule has 0 aliphatic rings. The van der Waals surface area contributed by atoms with Crippen LogP contribution in [0.1, 0.15) is 22.3 Å². The van der Waals surface area contributed by atoms with Gasteiger partial charge in [0, 0.05) is 24.1 Å². The van der Waals surface area contributed by atoms with Crippen LogP contribution in [-0.2, 0) is 0 Å². The third-order valence-electron chi connectivity index (χ3n) is 2.11. The van der Waals surface area contributed by atoms with Gasteiger partial charge >= 0.3 is 0 Å². The summed E-state index contributed by atoms with van der Waals surface area (Å²) in [6.45, 7) is 0.847. The van der Waals surface area contributed by atoms with Crippen LogP contribution < -0.4 is 10.1 Å². The molecule has 0 bridgehead atoms. The monoisotopic (exact) mass is 217 g/mol. The molecule has 0 saturated carbocycles. The molecular weight excluding hydrogens is 202 g/mol. The maximum Gasteiger partial charge on any atom is 0.151 e. The molecule has 16 heavy (non-hydrogen) atoms. The zero-order valence-electron chi connectivity index (χ0n) is 9.54. The van der Waals surface area contributed by atoms with E-state index in [1.165, 1.54) is 0 Å². The molecule has 1 rings (SSSR count). The largest absolute Gasteiger partial charge is 0.497 e. The number of nitrogens with one attached hydrogen (secondary N) is 1. The summed E-state index contributed by atoms with van der Waals surface area (Å²) < 4.78 is 5.04. The van der Waals surface area contributed by atoms with Gasteiger partial charge in [-0.2, -0.15) is 0 Å². The molecule has 84 valence electrons. The van der Waals surface area contributed by atoms with Crippen LogP contribution in [0.15, 0.2) is 18.2 Å². The standard InChI is InChI=1S/C13H15NO2/c1-14-8-4-3-5-11-6-7-13(16-2)9-12(11)10-15/h6-7,9-10,14H,4,8H2,1-2H3. The molecule has 0 aromatic heterocycles. The Morgan fingerprint density at radius 1 is 1.50 bits per heavy atom. The molecule has 1 N–H and O–H groups in total. The van der Waals surface area contributed by atoms with E-state index in [4.69, 9.17) is 4.74 Å². The van der Waals surface area contributed by atoms with Gasteiger partial charge in [-0.3, -0.25) is 4.79 Å². The second-order valence-corrected chi connectivity index (χ2v) is 3.23. The SMILES string of the molecule is CNCCC#Cc1ccc(OC)cc1C=O. The van der Waals surface area contributed by atoms with Crippen LogP contribution in [0, 0.1) is 11.8 Å². The van der Waals surface area contributed by atoms with Crippen molar-refractivity contribution in [3.8, 4) is 17.6 Å². The van der Waals surface area contributed by atoms with E-state index < -0.39 is 0 Å². The van der Waals surface area contributed by atoms with Crippen molar-refractivity contribution in [2.45, 2.75) is 6.42 Å². The van der Waals surface area contributed by atoms with Crippen LogP contribution in [0.3, 0.4) is 0 Å². The number of aldehydes is 1. The van der Waals surface area contributed by atoms with Crippen LogP contribution in [0.4, 0.5) is 0 Å². The number of benzene rings is 1. The highest BCUT2D eigenvalue weighted by atomic mass is 16.5. The van der Waals surface area contributed by atoms with E-state index in [0.717, 1.165) is 24.8 Å². The molecule has 3 nitrogen and oxygen atoms in total. The van der Waals surface area contributed by atoms with Crippen molar-refractivity contribution in [2.75, 3.05) is 20.7 Å². The van der Waals surface area contributed by atoms with Gasteiger partial charge in [-0.25, -0.2) is 0 Å². The van der Waals surface area contributed by atoms with Gasteiger partial charge in [0.1, 0.15) is 5.75 Å². The smallest absolute Gasteiger partial charge is 0.151 e. The van der Waals surface area contributed by atoms with E-state index in [1.807, 2.05) is 7.05 Å². The minimum Gasteiger partial charge on any atom is -0.497 e. The maximum absolute atomic E-state index is 10.8. The van der Waals surface area contributed by atoms with Crippen molar-refractivity contribution >= 4 is 6.29 Å². The summed E-state index contributed by atoms with van der Waals surface area (Å²) in [6, 6.07) is 5.29. The van der Waals surface area contributed by atoms with Crippen LogP contribution in [0.25, 0.3) is 0 Å². The second kappa shape index (κ2) is 6.65. The molecule has 3 heteroatoms. The van der Waals surface area contributed by atoms with Gasteiger partial charge in [-0.05, 0) is 25.2 Å². The zero-order valence-corrected chi connectivity index (χ0v) is 9.54. The van der Waals surface area contributed by atoms with Crippen LogP contribution >= 0.6 is 0 Å². The molecule has 0 amide bonds. The molecular formula is C13H15NO2. The van der Waals surface area contributed by atoms with Gasteiger partial charge in [0.25, 0.3) is 0 Å². The summed E-state index contributed by atoms with van der Waals surface area (Å²) in [5.74, 6) is 6.65. The van der Waals surface area contributed by atoms with Crippen molar-refractivity contribution in [1.29, 1.82) is 0 Å². The van der Waals surface area contributed by atoms with Crippen molar-refractivity contribution in [3.05, 3.63) is 29.3 Å². The molecule has 0 spiro atoms. The van der Waals surface area contributed by atoms with Gasteiger partial charge in [0.05, 0.1) is 7.11 Å². The molecule has 1 aromatic rings. The van der Waals surface area contributed by atoms with E-state index in [9.17, 15) is 4.79 Å². The van der Waals surface area contributed by atoms with Crippen molar-refractivity contribution < 1.29 is 9.53 Å². The normalized spacial score (nSPS) is 9.12. The zero-order chi connectivity index (χ0) is 11.8. The Hall–Kier alpha value is -1.79. The number of hydrogen-bond donors (Lipinski definition) is 1. The first-order chi connectivity index (χ1) is 7.81. The lowest BCUT2D eigenvalue weighted by atomic mass is 10.1. The summed E-state index contributed by atoms with van der Waals surface area (Å²) in [4.78, 5) is 10.8. The number of carbonyl (C=O) groups excluding carboxylic acids is 1. The van der Waals surface area contributed by atoms with Crippen molar-refractivity contribution in [1.82, 2.24) is 5.32 Å².